The van der Waals surface area contributed by atoms with E-state index in [1.807, 2.05) is 0 Å². The largest absolute Gasteiger partial charge is 0.574 e. The molecule has 0 aromatic carbocycles. The van der Waals surface area contributed by atoms with Crippen LogP contribution in [0.5, 0.6) is 11.6 Å². The Morgan fingerprint density at radius 3 is 2.15 bits per heavy atom. The third-order valence-electron chi connectivity index (χ3n) is 1.88. The van der Waals surface area contributed by atoms with Crippen molar-refractivity contribution in [3.8, 4) is 11.6 Å². The molecular formula is C9H5F6NO4. The SMILES string of the molecule is COc1cc(OC(F)(F)F)nc(C(F)(F)F)c1C(=O)O. The molecule has 1 aromatic rings. The molecule has 11 heteroatoms. The number of ether oxygens (including phenoxy) is 2. The van der Waals surface area contributed by atoms with E-state index in [0.29, 0.717) is 6.07 Å². The number of pyridine rings is 1. The van der Waals surface area contributed by atoms with Gasteiger partial charge in [0.1, 0.15) is 11.3 Å². The lowest BCUT2D eigenvalue weighted by atomic mass is 10.1. The van der Waals surface area contributed by atoms with Crippen LogP contribution in [0.15, 0.2) is 6.07 Å². The monoisotopic (exact) mass is 305 g/mol. The van der Waals surface area contributed by atoms with Crippen molar-refractivity contribution in [3.63, 3.8) is 0 Å². The quantitative estimate of drug-likeness (QED) is 0.870. The van der Waals surface area contributed by atoms with Crippen LogP contribution in [0.2, 0.25) is 0 Å². The third-order valence-corrected chi connectivity index (χ3v) is 1.88. The van der Waals surface area contributed by atoms with Gasteiger partial charge in [-0.25, -0.2) is 9.78 Å². The molecule has 20 heavy (non-hydrogen) atoms. The first-order chi connectivity index (χ1) is 8.95. The summed E-state index contributed by atoms with van der Waals surface area (Å²) in [6.45, 7) is 0. The maximum absolute atomic E-state index is 12.6. The molecule has 0 spiro atoms. The Balaban J connectivity index is 3.52. The Morgan fingerprint density at radius 1 is 1.25 bits per heavy atom. The van der Waals surface area contributed by atoms with E-state index in [1.165, 1.54) is 0 Å². The Bertz CT molecular complexity index is 524. The molecule has 1 rings (SSSR count). The van der Waals surface area contributed by atoms with E-state index in [9.17, 15) is 31.1 Å². The zero-order valence-corrected chi connectivity index (χ0v) is 9.46. The van der Waals surface area contributed by atoms with Crippen molar-refractivity contribution in [2.75, 3.05) is 7.11 Å². The maximum atomic E-state index is 12.6. The molecule has 0 fully saturated rings. The van der Waals surface area contributed by atoms with Gasteiger partial charge >= 0.3 is 18.5 Å². The first-order valence-electron chi connectivity index (χ1n) is 4.61. The summed E-state index contributed by atoms with van der Waals surface area (Å²) in [5.74, 6) is -4.49. The highest BCUT2D eigenvalue weighted by atomic mass is 19.4. The minimum absolute atomic E-state index is 0.298. The van der Waals surface area contributed by atoms with Gasteiger partial charge in [0.2, 0.25) is 5.88 Å². The van der Waals surface area contributed by atoms with E-state index in [0.717, 1.165) is 7.11 Å². The molecule has 1 N–H and O–H groups in total. The molecule has 0 unspecified atom stereocenters. The van der Waals surface area contributed by atoms with Gasteiger partial charge < -0.3 is 14.6 Å². The van der Waals surface area contributed by atoms with Gasteiger partial charge in [-0.15, -0.1) is 13.2 Å². The fourth-order valence-corrected chi connectivity index (χ4v) is 1.24. The van der Waals surface area contributed by atoms with Crippen molar-refractivity contribution >= 4 is 5.97 Å². The van der Waals surface area contributed by atoms with E-state index in [2.05, 4.69) is 14.5 Å². The van der Waals surface area contributed by atoms with E-state index in [4.69, 9.17) is 5.11 Å². The lowest BCUT2D eigenvalue weighted by molar-refractivity contribution is -0.276. The van der Waals surface area contributed by atoms with Crippen LogP contribution in [0.25, 0.3) is 0 Å². The van der Waals surface area contributed by atoms with Gasteiger partial charge in [0.25, 0.3) is 0 Å². The zero-order valence-electron chi connectivity index (χ0n) is 9.46. The zero-order chi connectivity index (χ0) is 15.7. The van der Waals surface area contributed by atoms with Gasteiger partial charge in [-0.05, 0) is 0 Å². The van der Waals surface area contributed by atoms with Crippen LogP contribution in [0.1, 0.15) is 16.1 Å². The number of aromatic carboxylic acids is 1. The highest BCUT2D eigenvalue weighted by molar-refractivity contribution is 5.92. The standard InChI is InChI=1S/C9H5F6NO4/c1-19-3-2-4(20-9(13,14)15)16-6(8(10,11)12)5(3)7(17)18/h2H,1H3,(H,17,18). The highest BCUT2D eigenvalue weighted by Gasteiger charge is 2.41. The number of nitrogens with zero attached hydrogens (tertiary/aromatic N) is 1. The molecule has 5 nitrogen and oxygen atoms in total. The van der Waals surface area contributed by atoms with Gasteiger partial charge in [-0.2, -0.15) is 13.2 Å². The molecule has 112 valence electrons. The lowest BCUT2D eigenvalue weighted by Gasteiger charge is -2.15. The second kappa shape index (κ2) is 5.06. The predicted molar refractivity (Wildman–Crippen MR) is 49.4 cm³/mol. The molecule has 1 heterocycles. The minimum atomic E-state index is -5.30. The van der Waals surface area contributed by atoms with Crippen LogP contribution in [0.3, 0.4) is 0 Å². The van der Waals surface area contributed by atoms with E-state index in [-0.39, 0.29) is 0 Å². The second-order valence-corrected chi connectivity index (χ2v) is 3.24. The van der Waals surface area contributed by atoms with Crippen LogP contribution in [0, 0.1) is 0 Å². The topological polar surface area (TPSA) is 68.7 Å². The molecular weight excluding hydrogens is 300 g/mol. The first kappa shape index (κ1) is 15.9. The molecule has 0 saturated heterocycles. The Kier molecular flexibility index (Phi) is 4.01. The molecule has 0 aliphatic carbocycles. The van der Waals surface area contributed by atoms with Gasteiger partial charge in [-0.1, -0.05) is 0 Å². The number of carbonyl (C=O) groups is 1. The van der Waals surface area contributed by atoms with Crippen molar-refractivity contribution in [3.05, 3.63) is 17.3 Å². The molecule has 1 aromatic heterocycles. The molecule has 0 bridgehead atoms. The summed E-state index contributed by atoms with van der Waals surface area (Å²) in [4.78, 5) is 13.3. The molecule has 0 atom stereocenters. The van der Waals surface area contributed by atoms with Crippen molar-refractivity contribution < 1.29 is 45.7 Å². The number of methoxy groups -OCH3 is 1. The molecule has 0 radical (unpaired) electrons. The number of alkyl halides is 6. The van der Waals surface area contributed by atoms with Crippen molar-refractivity contribution in [2.45, 2.75) is 12.5 Å². The van der Waals surface area contributed by atoms with E-state index >= 15 is 0 Å². The number of carboxylic acid groups (broad SMARTS) is 1. The van der Waals surface area contributed by atoms with Crippen LogP contribution >= 0.6 is 0 Å². The third kappa shape index (κ3) is 3.65. The number of aromatic nitrogens is 1. The predicted octanol–water partition coefficient (Wildman–Crippen LogP) is 2.71. The number of rotatable bonds is 3. The lowest BCUT2D eigenvalue weighted by Crippen LogP contribution is -2.21. The fourth-order valence-electron chi connectivity index (χ4n) is 1.24. The molecule has 0 amide bonds. The van der Waals surface area contributed by atoms with Gasteiger partial charge in [0, 0.05) is 6.07 Å². The van der Waals surface area contributed by atoms with Crippen molar-refractivity contribution in [1.29, 1.82) is 0 Å². The van der Waals surface area contributed by atoms with Crippen LogP contribution in [-0.2, 0) is 6.18 Å². The summed E-state index contributed by atoms with van der Waals surface area (Å²) < 4.78 is 81.3. The normalized spacial score (nSPS) is 12.2. The second-order valence-electron chi connectivity index (χ2n) is 3.24. The van der Waals surface area contributed by atoms with Gasteiger partial charge in [-0.3, -0.25) is 0 Å². The van der Waals surface area contributed by atoms with Crippen LogP contribution in [-0.4, -0.2) is 29.5 Å². The van der Waals surface area contributed by atoms with Crippen molar-refractivity contribution in [2.24, 2.45) is 0 Å². The van der Waals surface area contributed by atoms with Gasteiger partial charge in [0.05, 0.1) is 7.11 Å². The molecule has 0 aliphatic rings. The van der Waals surface area contributed by atoms with E-state index in [1.54, 1.807) is 0 Å². The summed E-state index contributed by atoms with van der Waals surface area (Å²) in [5.41, 5.74) is -3.46. The number of halogens is 6. The summed E-state index contributed by atoms with van der Waals surface area (Å²) in [5, 5.41) is 8.68. The average Bonchev–Trinajstić information content (AvgIpc) is 2.23. The Hall–Kier alpha value is -2.20. The molecule has 0 saturated carbocycles. The van der Waals surface area contributed by atoms with Crippen LogP contribution < -0.4 is 9.47 Å². The fraction of sp³-hybridized carbons (Fsp3) is 0.333. The van der Waals surface area contributed by atoms with E-state index < -0.39 is 41.4 Å². The van der Waals surface area contributed by atoms with Crippen molar-refractivity contribution in [1.82, 2.24) is 4.98 Å². The smallest absolute Gasteiger partial charge is 0.496 e. The first-order valence-corrected chi connectivity index (χ1v) is 4.61. The molecule has 0 aliphatic heterocycles. The summed E-state index contributed by atoms with van der Waals surface area (Å²) in [6, 6.07) is 0.298. The summed E-state index contributed by atoms with van der Waals surface area (Å²) in [7, 11) is 0.791. The minimum Gasteiger partial charge on any atom is -0.496 e. The number of hydrogen-bond acceptors (Lipinski definition) is 4. The van der Waals surface area contributed by atoms with Gasteiger partial charge in [0.15, 0.2) is 5.69 Å². The Morgan fingerprint density at radius 2 is 1.80 bits per heavy atom. The summed E-state index contributed by atoms with van der Waals surface area (Å²) in [6.07, 6.45) is -10.6. The van der Waals surface area contributed by atoms with Crippen LogP contribution in [0.4, 0.5) is 26.3 Å². The average molecular weight is 305 g/mol. The number of carboxylic acids is 1. The Labute approximate surface area is 106 Å². The number of hydrogen-bond donors (Lipinski definition) is 1. The highest BCUT2D eigenvalue weighted by Crippen LogP contribution is 2.37. The maximum Gasteiger partial charge on any atom is 0.574 e. The summed E-state index contributed by atoms with van der Waals surface area (Å²) >= 11 is 0.